The highest BCUT2D eigenvalue weighted by Gasteiger charge is 2.18. The second kappa shape index (κ2) is 7.98. The maximum Gasteiger partial charge on any atom is 0.279 e. The number of nitrogens with zero attached hydrogens (tertiary/aromatic N) is 1. The van der Waals surface area contributed by atoms with Crippen molar-refractivity contribution in [1.29, 1.82) is 0 Å². The van der Waals surface area contributed by atoms with Crippen LogP contribution >= 0.6 is 22.7 Å². The summed E-state index contributed by atoms with van der Waals surface area (Å²) in [4.78, 5) is 17.4. The molecular formula is C17H15F3N3OS2+. The van der Waals surface area contributed by atoms with Crippen LogP contribution in [0.2, 0.25) is 0 Å². The first-order chi connectivity index (χ1) is 12.4. The minimum atomic E-state index is -1.60. The third kappa shape index (κ3) is 4.29. The van der Waals surface area contributed by atoms with E-state index in [9.17, 15) is 18.0 Å². The van der Waals surface area contributed by atoms with E-state index < -0.39 is 23.4 Å². The number of thiazole rings is 1. The highest BCUT2D eigenvalue weighted by atomic mass is 32.1. The van der Waals surface area contributed by atoms with Gasteiger partial charge in [-0.25, -0.2) is 18.2 Å². The molecule has 1 amide bonds. The predicted molar refractivity (Wildman–Crippen MR) is 95.8 cm³/mol. The quantitative estimate of drug-likeness (QED) is 0.628. The van der Waals surface area contributed by atoms with E-state index in [0.29, 0.717) is 6.54 Å². The molecule has 0 aliphatic heterocycles. The van der Waals surface area contributed by atoms with Crippen LogP contribution in [0.3, 0.4) is 0 Å². The Bertz CT molecular complexity index is 912. The average Bonchev–Trinajstić information content (AvgIpc) is 3.26. The highest BCUT2D eigenvalue weighted by molar-refractivity contribution is 7.14. The van der Waals surface area contributed by atoms with Crippen LogP contribution in [0, 0.1) is 17.5 Å². The minimum Gasteiger partial charge on any atom is -0.325 e. The first-order valence-corrected chi connectivity index (χ1v) is 9.48. The third-order valence-corrected chi connectivity index (χ3v) is 5.20. The number of amides is 1. The molecule has 136 valence electrons. The molecule has 1 aromatic carbocycles. The molecule has 0 aliphatic rings. The van der Waals surface area contributed by atoms with Crippen LogP contribution in [-0.2, 0) is 11.3 Å². The zero-order valence-corrected chi connectivity index (χ0v) is 15.3. The van der Waals surface area contributed by atoms with Gasteiger partial charge in [0.1, 0.15) is 17.2 Å². The number of carbonyl (C=O) groups excluding carboxylic acids is 1. The van der Waals surface area contributed by atoms with Crippen molar-refractivity contribution in [1.82, 2.24) is 4.98 Å². The van der Waals surface area contributed by atoms with Gasteiger partial charge in [-0.3, -0.25) is 4.79 Å². The van der Waals surface area contributed by atoms with Gasteiger partial charge in [-0.15, -0.1) is 11.3 Å². The number of anilines is 1. The van der Waals surface area contributed by atoms with Crippen molar-refractivity contribution in [2.45, 2.75) is 6.54 Å². The summed E-state index contributed by atoms with van der Waals surface area (Å²) in [5.41, 5.74) is 1.53. The van der Waals surface area contributed by atoms with Crippen LogP contribution in [0.5, 0.6) is 0 Å². The fourth-order valence-corrected chi connectivity index (χ4v) is 3.90. The Kier molecular flexibility index (Phi) is 5.70. The molecule has 0 radical (unpaired) electrons. The van der Waals surface area contributed by atoms with Gasteiger partial charge in [0.15, 0.2) is 24.0 Å². The van der Waals surface area contributed by atoms with Gasteiger partial charge in [0.05, 0.1) is 12.7 Å². The molecule has 0 bridgehead atoms. The average molecular weight is 398 g/mol. The summed E-state index contributed by atoms with van der Waals surface area (Å²) >= 11 is 3.13. The van der Waals surface area contributed by atoms with Crippen LogP contribution in [0.15, 0.2) is 34.3 Å². The van der Waals surface area contributed by atoms with E-state index in [1.807, 2.05) is 22.2 Å². The summed E-state index contributed by atoms with van der Waals surface area (Å²) in [6.45, 7) is 0.540. The van der Waals surface area contributed by atoms with E-state index in [1.54, 1.807) is 18.4 Å². The van der Waals surface area contributed by atoms with Gasteiger partial charge in [0.2, 0.25) is 0 Å². The molecule has 3 aromatic rings. The number of carbonyl (C=O) groups is 1. The number of thiophene rings is 1. The van der Waals surface area contributed by atoms with E-state index in [1.165, 1.54) is 11.3 Å². The summed E-state index contributed by atoms with van der Waals surface area (Å²) in [5, 5.41) is 9.12. The highest BCUT2D eigenvalue weighted by Crippen LogP contribution is 2.25. The van der Waals surface area contributed by atoms with Crippen molar-refractivity contribution in [3.63, 3.8) is 0 Å². The van der Waals surface area contributed by atoms with Gasteiger partial charge in [-0.2, -0.15) is 11.3 Å². The molecule has 1 unspecified atom stereocenters. The molecule has 0 fully saturated rings. The molecular weight excluding hydrogens is 383 g/mol. The topological polar surface area (TPSA) is 46.4 Å². The van der Waals surface area contributed by atoms with Gasteiger partial charge in [-0.05, 0) is 23.6 Å². The molecule has 0 saturated heterocycles. The summed E-state index contributed by atoms with van der Waals surface area (Å²) < 4.78 is 39.7. The van der Waals surface area contributed by atoms with Crippen molar-refractivity contribution >= 4 is 34.3 Å². The zero-order chi connectivity index (χ0) is 18.7. The maximum absolute atomic E-state index is 13.6. The monoisotopic (exact) mass is 398 g/mol. The third-order valence-electron chi connectivity index (χ3n) is 3.57. The zero-order valence-electron chi connectivity index (χ0n) is 13.7. The number of likely N-dealkylation sites (N-methyl/N-ethyl adjacent to an activating group) is 1. The Balaban J connectivity index is 1.57. The smallest absolute Gasteiger partial charge is 0.279 e. The fourth-order valence-electron chi connectivity index (χ4n) is 2.37. The number of hydrogen-bond acceptors (Lipinski definition) is 4. The minimum absolute atomic E-state index is 0.0315. The maximum atomic E-state index is 13.6. The van der Waals surface area contributed by atoms with Crippen molar-refractivity contribution in [3.05, 3.63) is 57.5 Å². The Hall–Kier alpha value is -2.23. The summed E-state index contributed by atoms with van der Waals surface area (Å²) in [7, 11) is 1.80. The van der Waals surface area contributed by atoms with Gasteiger partial charge in [-0.1, -0.05) is 0 Å². The predicted octanol–water partition coefficient (Wildman–Crippen LogP) is 2.94. The molecule has 1 atom stereocenters. The van der Waals surface area contributed by atoms with E-state index in [4.69, 9.17) is 0 Å². The number of nitrogens with one attached hydrogen (secondary N) is 2. The Morgan fingerprint density at radius 3 is 2.73 bits per heavy atom. The Labute approximate surface area is 155 Å². The van der Waals surface area contributed by atoms with E-state index >= 15 is 0 Å². The molecule has 2 aromatic heterocycles. The summed E-state index contributed by atoms with van der Waals surface area (Å²) in [5.74, 6) is -4.81. The van der Waals surface area contributed by atoms with E-state index in [-0.39, 0.29) is 12.2 Å². The summed E-state index contributed by atoms with van der Waals surface area (Å²) in [6, 6.07) is 3.76. The van der Waals surface area contributed by atoms with Crippen LogP contribution < -0.4 is 10.2 Å². The molecule has 3 rings (SSSR count). The lowest BCUT2D eigenvalue weighted by molar-refractivity contribution is -0.885. The SMILES string of the molecule is C[NH+](CC(=O)Nc1ccc(F)c(F)c1F)Cc1csc(-c2ccsc2)n1. The molecule has 9 heteroatoms. The molecule has 2 heterocycles. The number of quaternary nitrogens is 1. The number of rotatable bonds is 6. The molecule has 26 heavy (non-hydrogen) atoms. The van der Waals surface area contributed by atoms with Gasteiger partial charge < -0.3 is 10.2 Å². The normalized spacial score (nSPS) is 12.2. The number of hydrogen-bond donors (Lipinski definition) is 2. The molecule has 0 saturated carbocycles. The van der Waals surface area contributed by atoms with Gasteiger partial charge in [0, 0.05) is 16.3 Å². The molecule has 4 nitrogen and oxygen atoms in total. The second-order valence-electron chi connectivity index (χ2n) is 5.74. The number of benzene rings is 1. The van der Waals surface area contributed by atoms with Crippen LogP contribution in [0.1, 0.15) is 5.69 Å². The first kappa shape index (κ1) is 18.6. The van der Waals surface area contributed by atoms with Gasteiger partial charge >= 0.3 is 0 Å². The van der Waals surface area contributed by atoms with Crippen LogP contribution in [-0.4, -0.2) is 24.5 Å². The standard InChI is InChI=1S/C17H14F3N3OS2/c1-23(6-11-9-26-17(21-11)10-4-5-25-8-10)7-14(24)22-13-3-2-12(18)15(19)16(13)20/h2-5,8-9H,6-7H2,1H3,(H,22,24)/p+1. The fraction of sp³-hybridized carbons (Fsp3) is 0.176. The lowest BCUT2D eigenvalue weighted by Gasteiger charge is -2.13. The van der Waals surface area contributed by atoms with Gasteiger partial charge in [0.25, 0.3) is 5.91 Å². The largest absolute Gasteiger partial charge is 0.325 e. The molecule has 2 N–H and O–H groups in total. The van der Waals surface area contributed by atoms with Crippen LogP contribution in [0.25, 0.3) is 10.6 Å². The second-order valence-corrected chi connectivity index (χ2v) is 7.38. The number of halogens is 3. The lowest BCUT2D eigenvalue weighted by Crippen LogP contribution is -3.08. The van der Waals surface area contributed by atoms with Crippen molar-refractivity contribution in [2.24, 2.45) is 0 Å². The van der Waals surface area contributed by atoms with Crippen LogP contribution in [0.4, 0.5) is 18.9 Å². The van der Waals surface area contributed by atoms with Crippen molar-refractivity contribution in [3.8, 4) is 10.6 Å². The first-order valence-electron chi connectivity index (χ1n) is 7.65. The summed E-state index contributed by atoms with van der Waals surface area (Å²) in [6.07, 6.45) is 0. The molecule has 0 aliphatic carbocycles. The number of aromatic nitrogens is 1. The van der Waals surface area contributed by atoms with E-state index in [0.717, 1.165) is 33.3 Å². The lowest BCUT2D eigenvalue weighted by atomic mass is 10.2. The Morgan fingerprint density at radius 1 is 1.19 bits per heavy atom. The van der Waals surface area contributed by atoms with E-state index in [2.05, 4.69) is 10.3 Å². The van der Waals surface area contributed by atoms with Crippen molar-refractivity contribution in [2.75, 3.05) is 18.9 Å². The van der Waals surface area contributed by atoms with Crippen molar-refractivity contribution < 1.29 is 22.9 Å². The Morgan fingerprint density at radius 2 is 2.00 bits per heavy atom. The molecule has 0 spiro atoms.